The van der Waals surface area contributed by atoms with E-state index in [1.165, 1.54) is 0 Å². The van der Waals surface area contributed by atoms with Gasteiger partial charge in [0, 0.05) is 0 Å². The third kappa shape index (κ3) is 4.93. The molecular formula is C38H38O4. The van der Waals surface area contributed by atoms with Crippen LogP contribution in [-0.2, 0) is 20.3 Å². The average Bonchev–Trinajstić information content (AvgIpc) is 2.97. The number of ether oxygens (including phenoxy) is 2. The van der Waals surface area contributed by atoms with Gasteiger partial charge in [0.25, 0.3) is 0 Å². The van der Waals surface area contributed by atoms with Crippen molar-refractivity contribution in [3.05, 3.63) is 142 Å². The van der Waals surface area contributed by atoms with Crippen LogP contribution in [0.4, 0.5) is 0 Å². The molecular weight excluding hydrogens is 520 g/mol. The summed E-state index contributed by atoms with van der Waals surface area (Å²) in [5.74, 6) is -1.33. The SMILES string of the molecule is CC(C)(C)c1cccc(C(=O)OC2C(OC(=O)c3cccc(C(C)(C)C)c3)[C@H]3c4ccccc4[C@H]2c2ccccc23)c1. The molecule has 0 saturated heterocycles. The van der Waals surface area contributed by atoms with Crippen LogP contribution in [0.5, 0.6) is 0 Å². The van der Waals surface area contributed by atoms with E-state index >= 15 is 0 Å². The molecule has 0 saturated carbocycles. The number of hydrogen-bond donors (Lipinski definition) is 0. The number of carbonyl (C=O) groups excluding carboxylic acids is 2. The largest absolute Gasteiger partial charge is 0.454 e. The Kier molecular flexibility index (Phi) is 6.84. The van der Waals surface area contributed by atoms with Crippen molar-refractivity contribution in [1.29, 1.82) is 0 Å². The first-order valence-corrected chi connectivity index (χ1v) is 14.7. The maximum atomic E-state index is 13.8. The second-order valence-corrected chi connectivity index (χ2v) is 13.6. The average molecular weight is 559 g/mol. The molecule has 4 nitrogen and oxygen atoms in total. The van der Waals surface area contributed by atoms with Gasteiger partial charge >= 0.3 is 11.9 Å². The van der Waals surface area contributed by atoms with Gasteiger partial charge in [0.05, 0.1) is 23.0 Å². The van der Waals surface area contributed by atoms with Gasteiger partial charge in [0.15, 0.2) is 12.2 Å². The van der Waals surface area contributed by atoms with Gasteiger partial charge in [-0.15, -0.1) is 0 Å². The summed E-state index contributed by atoms with van der Waals surface area (Å²) in [6.45, 7) is 12.7. The smallest absolute Gasteiger partial charge is 0.338 e. The molecule has 4 aromatic rings. The number of carbonyl (C=O) groups is 2. The van der Waals surface area contributed by atoms with Gasteiger partial charge in [-0.3, -0.25) is 0 Å². The maximum Gasteiger partial charge on any atom is 0.338 e. The number of fused-ring (bicyclic) bond motifs is 1. The maximum absolute atomic E-state index is 13.8. The van der Waals surface area contributed by atoms with Crippen molar-refractivity contribution >= 4 is 11.9 Å². The Balaban J connectivity index is 1.42. The summed E-state index contributed by atoms with van der Waals surface area (Å²) < 4.78 is 12.8. The highest BCUT2D eigenvalue weighted by molar-refractivity contribution is 5.91. The first kappa shape index (κ1) is 28.0. The Bertz CT molecular complexity index is 1500. The van der Waals surface area contributed by atoms with E-state index in [4.69, 9.17) is 9.47 Å². The second-order valence-electron chi connectivity index (χ2n) is 13.6. The van der Waals surface area contributed by atoms with Crippen molar-refractivity contribution in [1.82, 2.24) is 0 Å². The van der Waals surface area contributed by atoms with Crippen LogP contribution in [0.1, 0.15) is 107 Å². The summed E-state index contributed by atoms with van der Waals surface area (Å²) >= 11 is 0. The molecule has 3 aliphatic carbocycles. The molecule has 2 bridgehead atoms. The van der Waals surface area contributed by atoms with Gasteiger partial charge in [0.2, 0.25) is 0 Å². The summed E-state index contributed by atoms with van der Waals surface area (Å²) in [6, 6.07) is 31.8. The zero-order valence-electron chi connectivity index (χ0n) is 25.2. The topological polar surface area (TPSA) is 52.6 Å². The van der Waals surface area contributed by atoms with E-state index in [-0.39, 0.29) is 22.7 Å². The molecule has 0 heterocycles. The standard InChI is InChI=1S/C38H38O4/c1-37(2,3)25-15-11-13-23(21-25)35(39)41-33-31-27-17-7-9-19-29(27)32(30-20-10-8-18-28(30)31)34(33)42-36(40)24-14-12-16-26(22-24)38(4,5)6/h7-22,31-34H,1-6H3/t31-,32-,33?,34?. The Labute approximate surface area is 248 Å². The molecule has 2 atom stereocenters. The Morgan fingerprint density at radius 2 is 0.833 bits per heavy atom. The van der Waals surface area contributed by atoms with Crippen molar-refractivity contribution < 1.29 is 19.1 Å². The fourth-order valence-corrected chi connectivity index (χ4v) is 6.46. The molecule has 0 amide bonds. The molecule has 0 aliphatic heterocycles. The monoisotopic (exact) mass is 558 g/mol. The molecule has 0 aromatic heterocycles. The van der Waals surface area contributed by atoms with Crippen molar-refractivity contribution in [2.45, 2.75) is 76.4 Å². The molecule has 3 aliphatic rings. The molecule has 42 heavy (non-hydrogen) atoms. The van der Waals surface area contributed by atoms with Gasteiger partial charge in [-0.05, 0) is 68.5 Å². The summed E-state index contributed by atoms with van der Waals surface area (Å²) in [5.41, 5.74) is 7.33. The fraction of sp³-hybridized carbons (Fsp3) is 0.316. The molecule has 0 fully saturated rings. The lowest BCUT2D eigenvalue weighted by molar-refractivity contribution is -0.0557. The molecule has 0 radical (unpaired) electrons. The van der Waals surface area contributed by atoms with Crippen LogP contribution >= 0.6 is 0 Å². The van der Waals surface area contributed by atoms with Crippen LogP contribution in [-0.4, -0.2) is 24.1 Å². The second kappa shape index (κ2) is 10.3. The Morgan fingerprint density at radius 1 is 0.500 bits per heavy atom. The molecule has 7 rings (SSSR count). The summed E-state index contributed by atoms with van der Waals surface area (Å²) in [7, 11) is 0. The third-order valence-corrected chi connectivity index (χ3v) is 8.73. The number of hydrogen-bond acceptors (Lipinski definition) is 4. The van der Waals surface area contributed by atoms with Crippen LogP contribution in [0.25, 0.3) is 0 Å². The number of rotatable bonds is 4. The zero-order chi connectivity index (χ0) is 29.8. The van der Waals surface area contributed by atoms with E-state index in [0.717, 1.165) is 33.4 Å². The van der Waals surface area contributed by atoms with Gasteiger partial charge < -0.3 is 9.47 Å². The molecule has 4 heteroatoms. The number of benzene rings is 4. The van der Waals surface area contributed by atoms with Crippen molar-refractivity contribution in [3.8, 4) is 0 Å². The highest BCUT2D eigenvalue weighted by Gasteiger charge is 2.53. The van der Waals surface area contributed by atoms with E-state index in [0.29, 0.717) is 11.1 Å². The minimum Gasteiger partial charge on any atom is -0.454 e. The van der Waals surface area contributed by atoms with Gasteiger partial charge in [-0.2, -0.15) is 0 Å². The number of esters is 2. The molecule has 0 spiro atoms. The van der Waals surface area contributed by atoms with Crippen LogP contribution < -0.4 is 0 Å². The normalized spacial score (nSPS) is 20.8. The zero-order valence-corrected chi connectivity index (χ0v) is 25.2. The molecule has 2 unspecified atom stereocenters. The fourth-order valence-electron chi connectivity index (χ4n) is 6.46. The lowest BCUT2D eigenvalue weighted by Crippen LogP contribution is -2.51. The Hall–Kier alpha value is -4.18. The van der Waals surface area contributed by atoms with E-state index < -0.39 is 24.1 Å². The van der Waals surface area contributed by atoms with Gasteiger partial charge in [0.1, 0.15) is 0 Å². The van der Waals surface area contributed by atoms with Gasteiger partial charge in [-0.1, -0.05) is 114 Å². The van der Waals surface area contributed by atoms with Gasteiger partial charge in [-0.25, -0.2) is 9.59 Å². The predicted molar refractivity (Wildman–Crippen MR) is 165 cm³/mol. The first-order valence-electron chi connectivity index (χ1n) is 14.7. The van der Waals surface area contributed by atoms with E-state index in [9.17, 15) is 9.59 Å². The lowest BCUT2D eigenvalue weighted by atomic mass is 9.61. The highest BCUT2D eigenvalue weighted by Crippen LogP contribution is 2.55. The summed E-state index contributed by atoms with van der Waals surface area (Å²) in [6.07, 6.45) is -1.36. The van der Waals surface area contributed by atoms with Crippen LogP contribution in [0, 0.1) is 0 Å². The summed E-state index contributed by atoms with van der Waals surface area (Å²) in [4.78, 5) is 27.6. The minimum atomic E-state index is -0.680. The summed E-state index contributed by atoms with van der Waals surface area (Å²) in [5, 5.41) is 0. The van der Waals surface area contributed by atoms with Crippen molar-refractivity contribution in [2.24, 2.45) is 0 Å². The van der Waals surface area contributed by atoms with E-state index in [1.54, 1.807) is 12.1 Å². The lowest BCUT2D eigenvalue weighted by Gasteiger charge is -2.49. The quantitative estimate of drug-likeness (QED) is 0.236. The minimum absolute atomic E-state index is 0.113. The van der Waals surface area contributed by atoms with E-state index in [1.807, 2.05) is 60.7 Å². The van der Waals surface area contributed by atoms with Crippen LogP contribution in [0.3, 0.4) is 0 Å². The molecule has 0 N–H and O–H groups in total. The van der Waals surface area contributed by atoms with E-state index in [2.05, 4.69) is 65.8 Å². The highest BCUT2D eigenvalue weighted by atomic mass is 16.6. The first-order chi connectivity index (χ1) is 19.9. The van der Waals surface area contributed by atoms with Crippen molar-refractivity contribution in [2.75, 3.05) is 0 Å². The molecule has 214 valence electrons. The van der Waals surface area contributed by atoms with Crippen molar-refractivity contribution in [3.63, 3.8) is 0 Å². The van der Waals surface area contributed by atoms with Crippen LogP contribution in [0.2, 0.25) is 0 Å². The third-order valence-electron chi connectivity index (χ3n) is 8.73. The molecule has 4 aromatic carbocycles. The Morgan fingerprint density at radius 3 is 1.14 bits per heavy atom. The van der Waals surface area contributed by atoms with Crippen LogP contribution in [0.15, 0.2) is 97.1 Å². The predicted octanol–water partition coefficient (Wildman–Crippen LogP) is 8.32.